The zero-order valence-corrected chi connectivity index (χ0v) is 13.5. The first-order chi connectivity index (χ1) is 11.2. The predicted octanol–water partition coefficient (Wildman–Crippen LogP) is 2.94. The van der Waals surface area contributed by atoms with Gasteiger partial charge in [-0.3, -0.25) is 4.79 Å². The molecule has 2 fully saturated rings. The number of nitrogens with zero attached hydrogens (tertiary/aromatic N) is 4. The molecule has 0 atom stereocenters. The van der Waals surface area contributed by atoms with Gasteiger partial charge in [-0.1, -0.05) is 17.7 Å². The first-order valence-corrected chi connectivity index (χ1v) is 8.48. The molecule has 0 N–H and O–H groups in total. The Morgan fingerprint density at radius 1 is 1.17 bits per heavy atom. The number of aromatic nitrogens is 3. The van der Waals surface area contributed by atoms with Crippen molar-refractivity contribution in [2.45, 2.75) is 44.6 Å². The molecule has 4 rings (SSSR count). The number of rotatable bonds is 3. The lowest BCUT2D eigenvalue weighted by molar-refractivity contribution is 0.0693. The third kappa shape index (κ3) is 2.87. The number of carbonyl (C=O) groups is 1. The van der Waals surface area contributed by atoms with Crippen LogP contribution in [-0.2, 0) is 0 Å². The zero-order valence-electron chi connectivity index (χ0n) is 13.5. The van der Waals surface area contributed by atoms with Gasteiger partial charge in [0.15, 0.2) is 0 Å². The summed E-state index contributed by atoms with van der Waals surface area (Å²) >= 11 is 0. The van der Waals surface area contributed by atoms with Crippen LogP contribution in [0, 0.1) is 6.92 Å². The first-order valence-electron chi connectivity index (χ1n) is 8.48. The van der Waals surface area contributed by atoms with E-state index in [0.717, 1.165) is 42.9 Å². The smallest absolute Gasteiger partial charge is 0.253 e. The van der Waals surface area contributed by atoms with Crippen molar-refractivity contribution in [3.8, 4) is 0 Å². The number of hydrogen-bond donors (Lipinski definition) is 0. The van der Waals surface area contributed by atoms with Crippen LogP contribution >= 0.6 is 0 Å². The number of likely N-dealkylation sites (tertiary alicyclic amines) is 1. The molecule has 5 nitrogen and oxygen atoms in total. The van der Waals surface area contributed by atoms with E-state index in [-0.39, 0.29) is 5.91 Å². The van der Waals surface area contributed by atoms with Gasteiger partial charge in [0.25, 0.3) is 5.91 Å². The van der Waals surface area contributed by atoms with Gasteiger partial charge in [0.05, 0.1) is 0 Å². The number of benzene rings is 1. The lowest BCUT2D eigenvalue weighted by Gasteiger charge is -2.33. The van der Waals surface area contributed by atoms with Crippen molar-refractivity contribution in [2.75, 3.05) is 13.1 Å². The average Bonchev–Trinajstić information content (AvgIpc) is 3.31. The second-order valence-corrected chi connectivity index (χ2v) is 6.76. The van der Waals surface area contributed by atoms with E-state index < -0.39 is 0 Å². The Balaban J connectivity index is 1.42. The minimum atomic E-state index is 0.151. The van der Waals surface area contributed by atoms with E-state index in [1.54, 1.807) is 0 Å². The minimum Gasteiger partial charge on any atom is -0.338 e. The van der Waals surface area contributed by atoms with E-state index in [1.165, 1.54) is 12.8 Å². The summed E-state index contributed by atoms with van der Waals surface area (Å²) in [6.07, 6.45) is 6.31. The standard InChI is InChI=1S/C18H22N4O/c1-13-3-2-4-15(11-13)18(23)21-9-7-16(8-10-21)22-12-19-20-17(22)14-5-6-14/h2-4,11-12,14,16H,5-10H2,1H3. The summed E-state index contributed by atoms with van der Waals surface area (Å²) in [4.78, 5) is 14.6. The molecule has 0 bridgehead atoms. The molecular weight excluding hydrogens is 288 g/mol. The molecule has 1 aliphatic heterocycles. The van der Waals surface area contributed by atoms with Crippen LogP contribution in [0.3, 0.4) is 0 Å². The van der Waals surface area contributed by atoms with Crippen LogP contribution in [0.4, 0.5) is 0 Å². The van der Waals surface area contributed by atoms with Gasteiger partial charge < -0.3 is 9.47 Å². The zero-order chi connectivity index (χ0) is 15.8. The predicted molar refractivity (Wildman–Crippen MR) is 87.4 cm³/mol. The number of aryl methyl sites for hydroxylation is 1. The van der Waals surface area contributed by atoms with Gasteiger partial charge in [-0.25, -0.2) is 0 Å². The lowest BCUT2D eigenvalue weighted by atomic mass is 10.0. The number of carbonyl (C=O) groups excluding carboxylic acids is 1. The molecule has 0 radical (unpaired) electrons. The molecule has 0 unspecified atom stereocenters. The molecule has 1 amide bonds. The van der Waals surface area contributed by atoms with Crippen molar-refractivity contribution in [1.82, 2.24) is 19.7 Å². The Morgan fingerprint density at radius 3 is 2.65 bits per heavy atom. The number of hydrogen-bond acceptors (Lipinski definition) is 3. The van der Waals surface area contributed by atoms with Gasteiger partial charge >= 0.3 is 0 Å². The van der Waals surface area contributed by atoms with Crippen LogP contribution < -0.4 is 0 Å². The molecule has 23 heavy (non-hydrogen) atoms. The SMILES string of the molecule is Cc1cccc(C(=O)N2CCC(n3cnnc3C3CC3)CC2)c1. The minimum absolute atomic E-state index is 0.151. The maximum absolute atomic E-state index is 12.6. The highest BCUT2D eigenvalue weighted by Gasteiger charge is 2.32. The van der Waals surface area contributed by atoms with Crippen molar-refractivity contribution in [3.05, 3.63) is 47.5 Å². The molecule has 2 aliphatic rings. The van der Waals surface area contributed by atoms with Crippen molar-refractivity contribution < 1.29 is 4.79 Å². The van der Waals surface area contributed by atoms with Gasteiger partial charge in [0.1, 0.15) is 12.2 Å². The molecule has 2 aromatic rings. The summed E-state index contributed by atoms with van der Waals surface area (Å²) in [5.74, 6) is 1.91. The highest BCUT2D eigenvalue weighted by Crippen LogP contribution is 2.40. The lowest BCUT2D eigenvalue weighted by Crippen LogP contribution is -2.39. The molecule has 2 heterocycles. The molecule has 120 valence electrons. The van der Waals surface area contributed by atoms with E-state index in [2.05, 4.69) is 14.8 Å². The second kappa shape index (κ2) is 5.80. The fourth-order valence-electron chi connectivity index (χ4n) is 3.47. The van der Waals surface area contributed by atoms with Crippen LogP contribution in [-0.4, -0.2) is 38.7 Å². The number of amides is 1. The molecule has 5 heteroatoms. The summed E-state index contributed by atoms with van der Waals surface area (Å²) in [6.45, 7) is 3.63. The van der Waals surface area contributed by atoms with Crippen LogP contribution in [0.1, 0.15) is 59.4 Å². The fourth-order valence-corrected chi connectivity index (χ4v) is 3.47. The van der Waals surface area contributed by atoms with Crippen molar-refractivity contribution >= 4 is 5.91 Å². The van der Waals surface area contributed by atoms with E-state index in [1.807, 2.05) is 42.4 Å². The summed E-state index contributed by atoms with van der Waals surface area (Å²) in [5, 5.41) is 8.40. The molecule has 1 aromatic heterocycles. The molecule has 1 saturated carbocycles. The molecular formula is C18H22N4O. The summed E-state index contributed by atoms with van der Waals surface area (Å²) in [7, 11) is 0. The topological polar surface area (TPSA) is 51.0 Å². The van der Waals surface area contributed by atoms with Gasteiger partial charge in [0, 0.05) is 30.6 Å². The van der Waals surface area contributed by atoms with Gasteiger partial charge in [-0.05, 0) is 44.7 Å². The Morgan fingerprint density at radius 2 is 1.96 bits per heavy atom. The van der Waals surface area contributed by atoms with Crippen molar-refractivity contribution in [2.24, 2.45) is 0 Å². The normalized spacial score (nSPS) is 19.1. The van der Waals surface area contributed by atoms with Crippen LogP contribution in [0.25, 0.3) is 0 Å². The fraction of sp³-hybridized carbons (Fsp3) is 0.500. The Labute approximate surface area is 136 Å². The Hall–Kier alpha value is -2.17. The summed E-state index contributed by atoms with van der Waals surface area (Å²) in [6, 6.07) is 8.29. The summed E-state index contributed by atoms with van der Waals surface area (Å²) in [5.41, 5.74) is 1.93. The van der Waals surface area contributed by atoms with Crippen molar-refractivity contribution in [3.63, 3.8) is 0 Å². The van der Waals surface area contributed by atoms with Gasteiger partial charge in [0.2, 0.25) is 0 Å². The van der Waals surface area contributed by atoms with Gasteiger partial charge in [-0.15, -0.1) is 10.2 Å². The van der Waals surface area contributed by atoms with Crippen LogP contribution in [0.2, 0.25) is 0 Å². The Kier molecular flexibility index (Phi) is 3.63. The maximum Gasteiger partial charge on any atom is 0.253 e. The van der Waals surface area contributed by atoms with E-state index in [0.29, 0.717) is 12.0 Å². The van der Waals surface area contributed by atoms with E-state index in [9.17, 15) is 4.79 Å². The van der Waals surface area contributed by atoms with Gasteiger partial charge in [-0.2, -0.15) is 0 Å². The third-order valence-corrected chi connectivity index (χ3v) is 4.95. The van der Waals surface area contributed by atoms with E-state index >= 15 is 0 Å². The highest BCUT2D eigenvalue weighted by molar-refractivity contribution is 5.94. The van der Waals surface area contributed by atoms with Crippen molar-refractivity contribution in [1.29, 1.82) is 0 Å². The number of piperidine rings is 1. The molecule has 0 spiro atoms. The molecule has 1 aromatic carbocycles. The highest BCUT2D eigenvalue weighted by atomic mass is 16.2. The first kappa shape index (κ1) is 14.4. The second-order valence-electron chi connectivity index (χ2n) is 6.76. The van der Waals surface area contributed by atoms with Crippen LogP contribution in [0.15, 0.2) is 30.6 Å². The Bertz CT molecular complexity index is 711. The monoisotopic (exact) mass is 310 g/mol. The largest absolute Gasteiger partial charge is 0.338 e. The third-order valence-electron chi connectivity index (χ3n) is 4.95. The average molecular weight is 310 g/mol. The molecule has 1 saturated heterocycles. The maximum atomic E-state index is 12.6. The quantitative estimate of drug-likeness (QED) is 0.876. The van der Waals surface area contributed by atoms with E-state index in [4.69, 9.17) is 0 Å². The van der Waals surface area contributed by atoms with Crippen LogP contribution in [0.5, 0.6) is 0 Å². The summed E-state index contributed by atoms with van der Waals surface area (Å²) < 4.78 is 2.26. The molecule has 1 aliphatic carbocycles.